The van der Waals surface area contributed by atoms with Crippen molar-refractivity contribution in [2.24, 2.45) is 4.99 Å². The molecule has 1 atom stereocenters. The second-order valence-electron chi connectivity index (χ2n) is 6.68. The first-order chi connectivity index (χ1) is 12.1. The number of hydrogen-bond donors (Lipinski definition) is 2. The Hall–Kier alpha value is -2.33. The van der Waals surface area contributed by atoms with Crippen molar-refractivity contribution in [1.82, 2.24) is 15.5 Å². The van der Waals surface area contributed by atoms with E-state index in [9.17, 15) is 0 Å². The minimum absolute atomic E-state index is 0.433. The van der Waals surface area contributed by atoms with Gasteiger partial charge in [-0.1, -0.05) is 61.5 Å². The summed E-state index contributed by atoms with van der Waals surface area (Å²) in [6.07, 6.45) is 0. The maximum atomic E-state index is 4.33. The third-order valence-corrected chi connectivity index (χ3v) is 4.12. The molecule has 0 saturated heterocycles. The first kappa shape index (κ1) is 19.0. The van der Waals surface area contributed by atoms with Crippen LogP contribution < -0.4 is 10.6 Å². The molecule has 1 unspecified atom stereocenters. The normalized spacial score (nSPS) is 12.9. The summed E-state index contributed by atoms with van der Waals surface area (Å²) in [6.45, 7) is 4.79. The maximum Gasteiger partial charge on any atom is 0.191 e. The van der Waals surface area contributed by atoms with Crippen LogP contribution in [0.15, 0.2) is 59.6 Å². The highest BCUT2D eigenvalue weighted by atomic mass is 15.2. The Labute approximate surface area is 152 Å². The molecule has 0 amide bonds. The van der Waals surface area contributed by atoms with Gasteiger partial charge in [0.05, 0.1) is 0 Å². The van der Waals surface area contributed by atoms with Gasteiger partial charge in [0.2, 0.25) is 0 Å². The molecule has 2 N–H and O–H groups in total. The van der Waals surface area contributed by atoms with E-state index >= 15 is 0 Å². The van der Waals surface area contributed by atoms with Crippen molar-refractivity contribution >= 4 is 5.96 Å². The smallest absolute Gasteiger partial charge is 0.191 e. The summed E-state index contributed by atoms with van der Waals surface area (Å²) >= 11 is 0. The molecule has 134 valence electrons. The zero-order chi connectivity index (χ0) is 18.1. The van der Waals surface area contributed by atoms with Crippen LogP contribution in [-0.4, -0.2) is 38.5 Å². The molecule has 0 heterocycles. The molecule has 2 rings (SSSR count). The molecule has 0 fully saturated rings. The fraction of sp³-hybridized carbons (Fsp3) is 0.381. The van der Waals surface area contributed by atoms with Crippen LogP contribution in [-0.2, 0) is 13.1 Å². The van der Waals surface area contributed by atoms with Crippen LogP contribution in [0.25, 0.3) is 0 Å². The van der Waals surface area contributed by atoms with Crippen LogP contribution in [0.2, 0.25) is 0 Å². The third-order valence-electron chi connectivity index (χ3n) is 4.12. The van der Waals surface area contributed by atoms with Gasteiger partial charge in [-0.3, -0.25) is 4.99 Å². The Morgan fingerprint density at radius 3 is 2.40 bits per heavy atom. The molecule has 0 bridgehead atoms. The molecule has 2 aromatic carbocycles. The lowest BCUT2D eigenvalue weighted by molar-refractivity contribution is 0.402. The standard InChI is InChI=1S/C21H30N4/c1-17(20-11-6-5-7-12-20)14-23-21(22-2)24-15-18-9-8-10-19(13-18)16-25(3)4/h5-13,17H,14-16H2,1-4H3,(H2,22,23,24). The van der Waals surface area contributed by atoms with E-state index in [1.165, 1.54) is 16.7 Å². The highest BCUT2D eigenvalue weighted by molar-refractivity contribution is 5.79. The molecule has 4 nitrogen and oxygen atoms in total. The van der Waals surface area contributed by atoms with E-state index in [1.807, 2.05) is 7.05 Å². The van der Waals surface area contributed by atoms with Gasteiger partial charge in [-0.15, -0.1) is 0 Å². The molecular formula is C21H30N4. The molecular weight excluding hydrogens is 308 g/mol. The van der Waals surface area contributed by atoms with Crippen molar-refractivity contribution in [3.05, 3.63) is 71.3 Å². The van der Waals surface area contributed by atoms with E-state index in [0.717, 1.165) is 25.6 Å². The molecule has 0 aliphatic heterocycles. The van der Waals surface area contributed by atoms with E-state index in [-0.39, 0.29) is 0 Å². The summed E-state index contributed by atoms with van der Waals surface area (Å²) in [4.78, 5) is 6.50. The van der Waals surface area contributed by atoms with Crippen LogP contribution >= 0.6 is 0 Å². The summed E-state index contributed by atoms with van der Waals surface area (Å²) in [5.41, 5.74) is 3.92. The van der Waals surface area contributed by atoms with Crippen LogP contribution in [0.5, 0.6) is 0 Å². The van der Waals surface area contributed by atoms with Crippen LogP contribution in [0.3, 0.4) is 0 Å². The van der Waals surface area contributed by atoms with Gasteiger partial charge in [-0.2, -0.15) is 0 Å². The van der Waals surface area contributed by atoms with Gasteiger partial charge in [0.25, 0.3) is 0 Å². The topological polar surface area (TPSA) is 39.7 Å². The minimum atomic E-state index is 0.433. The molecule has 4 heteroatoms. The summed E-state index contributed by atoms with van der Waals surface area (Å²) in [5, 5.41) is 6.81. The van der Waals surface area contributed by atoms with Crippen LogP contribution in [0.4, 0.5) is 0 Å². The quantitative estimate of drug-likeness (QED) is 0.601. The van der Waals surface area contributed by atoms with Gasteiger partial charge in [0.1, 0.15) is 0 Å². The largest absolute Gasteiger partial charge is 0.356 e. The van der Waals surface area contributed by atoms with E-state index in [4.69, 9.17) is 0 Å². The first-order valence-electron chi connectivity index (χ1n) is 8.80. The molecule has 0 aliphatic carbocycles. The van der Waals surface area contributed by atoms with E-state index in [2.05, 4.69) is 96.1 Å². The second kappa shape index (κ2) is 9.84. The maximum absolute atomic E-state index is 4.33. The molecule has 0 aliphatic rings. The highest BCUT2D eigenvalue weighted by Gasteiger charge is 2.06. The van der Waals surface area contributed by atoms with Crippen molar-refractivity contribution in [2.45, 2.75) is 25.9 Å². The molecule has 25 heavy (non-hydrogen) atoms. The molecule has 2 aromatic rings. The first-order valence-corrected chi connectivity index (χ1v) is 8.80. The zero-order valence-electron chi connectivity index (χ0n) is 15.8. The number of benzene rings is 2. The predicted molar refractivity (Wildman–Crippen MR) is 107 cm³/mol. The Bertz CT molecular complexity index is 665. The summed E-state index contributed by atoms with van der Waals surface area (Å²) in [5.74, 6) is 1.27. The molecule has 0 spiro atoms. The fourth-order valence-corrected chi connectivity index (χ4v) is 2.76. The Morgan fingerprint density at radius 2 is 1.72 bits per heavy atom. The van der Waals surface area contributed by atoms with Crippen molar-refractivity contribution in [3.63, 3.8) is 0 Å². The van der Waals surface area contributed by atoms with Gasteiger partial charge < -0.3 is 15.5 Å². The monoisotopic (exact) mass is 338 g/mol. The summed E-state index contributed by atoms with van der Waals surface area (Å²) < 4.78 is 0. The average molecular weight is 338 g/mol. The van der Waals surface area contributed by atoms with Crippen molar-refractivity contribution in [3.8, 4) is 0 Å². The molecule has 0 aromatic heterocycles. The Morgan fingerprint density at radius 1 is 1.00 bits per heavy atom. The number of nitrogens with one attached hydrogen (secondary N) is 2. The fourth-order valence-electron chi connectivity index (χ4n) is 2.76. The summed E-state index contributed by atoms with van der Waals surface area (Å²) in [6, 6.07) is 19.2. The van der Waals surface area contributed by atoms with E-state index in [0.29, 0.717) is 5.92 Å². The Kier molecular flexibility index (Phi) is 7.48. The summed E-state index contributed by atoms with van der Waals surface area (Å²) in [7, 11) is 5.99. The molecule has 0 radical (unpaired) electrons. The number of guanidine groups is 1. The van der Waals surface area contributed by atoms with Gasteiger partial charge >= 0.3 is 0 Å². The lowest BCUT2D eigenvalue weighted by Gasteiger charge is -2.17. The lowest BCUT2D eigenvalue weighted by atomic mass is 10.0. The van der Waals surface area contributed by atoms with Gasteiger partial charge in [-0.25, -0.2) is 0 Å². The number of nitrogens with zero attached hydrogens (tertiary/aromatic N) is 2. The minimum Gasteiger partial charge on any atom is -0.356 e. The highest BCUT2D eigenvalue weighted by Crippen LogP contribution is 2.13. The number of aliphatic imine (C=N–C) groups is 1. The van der Waals surface area contributed by atoms with Gasteiger partial charge in [0.15, 0.2) is 5.96 Å². The average Bonchev–Trinajstić information content (AvgIpc) is 2.62. The van der Waals surface area contributed by atoms with Crippen LogP contribution in [0, 0.1) is 0 Å². The van der Waals surface area contributed by atoms with E-state index < -0.39 is 0 Å². The lowest BCUT2D eigenvalue weighted by Crippen LogP contribution is -2.38. The second-order valence-corrected chi connectivity index (χ2v) is 6.68. The molecule has 0 saturated carbocycles. The Balaban J connectivity index is 1.84. The van der Waals surface area contributed by atoms with E-state index in [1.54, 1.807) is 0 Å². The third kappa shape index (κ3) is 6.59. The van der Waals surface area contributed by atoms with Crippen LogP contribution in [0.1, 0.15) is 29.5 Å². The predicted octanol–water partition coefficient (Wildman–Crippen LogP) is 3.22. The number of rotatable bonds is 7. The van der Waals surface area contributed by atoms with Gasteiger partial charge in [0, 0.05) is 26.7 Å². The van der Waals surface area contributed by atoms with Gasteiger partial charge in [-0.05, 0) is 36.7 Å². The number of hydrogen-bond acceptors (Lipinski definition) is 2. The SMILES string of the molecule is CN=C(NCc1cccc(CN(C)C)c1)NCC(C)c1ccccc1. The van der Waals surface area contributed by atoms with Crippen molar-refractivity contribution in [2.75, 3.05) is 27.7 Å². The van der Waals surface area contributed by atoms with Crippen molar-refractivity contribution in [1.29, 1.82) is 0 Å². The zero-order valence-corrected chi connectivity index (χ0v) is 15.8. The van der Waals surface area contributed by atoms with Crippen molar-refractivity contribution < 1.29 is 0 Å².